The van der Waals surface area contributed by atoms with Gasteiger partial charge >= 0.3 is 5.97 Å². The SMILES string of the molecule is COc1ccc([C@H](C)NCc2cc(C(=O)O)oc2C)cc1. The molecular formula is C16H19NO4. The van der Waals surface area contributed by atoms with E-state index in [1.165, 1.54) is 0 Å². The Morgan fingerprint density at radius 1 is 1.38 bits per heavy atom. The van der Waals surface area contributed by atoms with Crippen LogP contribution in [0.4, 0.5) is 0 Å². The summed E-state index contributed by atoms with van der Waals surface area (Å²) < 4.78 is 10.3. The van der Waals surface area contributed by atoms with E-state index >= 15 is 0 Å². The van der Waals surface area contributed by atoms with E-state index in [1.807, 2.05) is 24.3 Å². The van der Waals surface area contributed by atoms with Crippen LogP contribution in [0.2, 0.25) is 0 Å². The predicted molar refractivity (Wildman–Crippen MR) is 78.7 cm³/mol. The molecule has 1 heterocycles. The Labute approximate surface area is 123 Å². The van der Waals surface area contributed by atoms with Gasteiger partial charge in [0.2, 0.25) is 5.76 Å². The van der Waals surface area contributed by atoms with Gasteiger partial charge in [0.25, 0.3) is 0 Å². The number of furan rings is 1. The van der Waals surface area contributed by atoms with Crippen molar-refractivity contribution in [1.29, 1.82) is 0 Å². The maximum Gasteiger partial charge on any atom is 0.371 e. The Morgan fingerprint density at radius 2 is 2.05 bits per heavy atom. The lowest BCUT2D eigenvalue weighted by molar-refractivity contribution is 0.0661. The summed E-state index contributed by atoms with van der Waals surface area (Å²) in [6.07, 6.45) is 0. The third-order valence-corrected chi connectivity index (χ3v) is 3.45. The maximum atomic E-state index is 10.9. The lowest BCUT2D eigenvalue weighted by Crippen LogP contribution is -2.18. The van der Waals surface area contributed by atoms with Gasteiger partial charge in [0.05, 0.1) is 7.11 Å². The highest BCUT2D eigenvalue weighted by atomic mass is 16.5. The van der Waals surface area contributed by atoms with Crippen LogP contribution in [0.15, 0.2) is 34.7 Å². The molecule has 0 unspecified atom stereocenters. The first kappa shape index (κ1) is 15.1. The summed E-state index contributed by atoms with van der Waals surface area (Å²) >= 11 is 0. The van der Waals surface area contributed by atoms with Crippen molar-refractivity contribution in [3.8, 4) is 5.75 Å². The highest BCUT2D eigenvalue weighted by Gasteiger charge is 2.14. The molecule has 5 heteroatoms. The van der Waals surface area contributed by atoms with Gasteiger partial charge in [0.1, 0.15) is 11.5 Å². The van der Waals surface area contributed by atoms with E-state index in [9.17, 15) is 4.79 Å². The highest BCUT2D eigenvalue weighted by Crippen LogP contribution is 2.19. The molecule has 2 N–H and O–H groups in total. The van der Waals surface area contributed by atoms with Gasteiger partial charge in [0.15, 0.2) is 0 Å². The minimum Gasteiger partial charge on any atom is -0.497 e. The number of ether oxygens (including phenoxy) is 1. The predicted octanol–water partition coefficient (Wildman–Crippen LogP) is 3.15. The standard InChI is InChI=1S/C16H19NO4/c1-10(12-4-6-14(20-3)7-5-12)17-9-13-8-15(16(18)19)21-11(13)2/h4-8,10,17H,9H2,1-3H3,(H,18,19)/t10-/m0/s1. The Kier molecular flexibility index (Phi) is 4.65. The van der Waals surface area contributed by atoms with Gasteiger partial charge in [0, 0.05) is 18.2 Å². The monoisotopic (exact) mass is 289 g/mol. The fourth-order valence-corrected chi connectivity index (χ4v) is 2.07. The number of carboxylic acids is 1. The molecule has 1 atom stereocenters. The van der Waals surface area contributed by atoms with Crippen molar-refractivity contribution in [2.45, 2.75) is 26.4 Å². The second-order valence-electron chi connectivity index (χ2n) is 4.87. The van der Waals surface area contributed by atoms with Gasteiger partial charge < -0.3 is 19.6 Å². The Bertz CT molecular complexity index is 616. The van der Waals surface area contributed by atoms with Crippen molar-refractivity contribution in [1.82, 2.24) is 5.32 Å². The Balaban J connectivity index is 1.99. The van der Waals surface area contributed by atoms with Crippen LogP contribution in [0.5, 0.6) is 5.75 Å². The van der Waals surface area contributed by atoms with Crippen LogP contribution in [-0.2, 0) is 6.54 Å². The number of carboxylic acid groups (broad SMARTS) is 1. The molecule has 1 aromatic carbocycles. The number of rotatable bonds is 6. The van der Waals surface area contributed by atoms with E-state index in [1.54, 1.807) is 20.1 Å². The number of hydrogen-bond acceptors (Lipinski definition) is 4. The molecule has 5 nitrogen and oxygen atoms in total. The zero-order chi connectivity index (χ0) is 15.4. The topological polar surface area (TPSA) is 71.7 Å². The van der Waals surface area contributed by atoms with Crippen LogP contribution in [0, 0.1) is 6.92 Å². The maximum absolute atomic E-state index is 10.9. The third kappa shape index (κ3) is 3.64. The van der Waals surface area contributed by atoms with Crippen LogP contribution in [0.3, 0.4) is 0 Å². The minimum absolute atomic E-state index is 0.0265. The van der Waals surface area contributed by atoms with E-state index in [4.69, 9.17) is 14.3 Å². The summed E-state index contributed by atoms with van der Waals surface area (Å²) in [5.74, 6) is 0.374. The molecule has 2 aromatic rings. The number of aromatic carboxylic acids is 1. The second kappa shape index (κ2) is 6.45. The number of hydrogen-bond donors (Lipinski definition) is 2. The van der Waals surface area contributed by atoms with Crippen LogP contribution < -0.4 is 10.1 Å². The van der Waals surface area contributed by atoms with Crippen LogP contribution in [-0.4, -0.2) is 18.2 Å². The van der Waals surface area contributed by atoms with Crippen LogP contribution in [0.1, 0.15) is 40.4 Å². The quantitative estimate of drug-likeness (QED) is 0.854. The first-order valence-corrected chi connectivity index (χ1v) is 6.71. The summed E-state index contributed by atoms with van der Waals surface area (Å²) in [5, 5.41) is 12.3. The molecule has 0 amide bonds. The molecule has 112 valence electrons. The summed E-state index contributed by atoms with van der Waals surface area (Å²) in [6, 6.07) is 9.53. The molecule has 0 spiro atoms. The number of methoxy groups -OCH3 is 1. The molecule has 21 heavy (non-hydrogen) atoms. The third-order valence-electron chi connectivity index (χ3n) is 3.45. The first-order chi connectivity index (χ1) is 10.0. The van der Waals surface area contributed by atoms with Crippen molar-refractivity contribution in [3.63, 3.8) is 0 Å². The minimum atomic E-state index is -1.05. The summed E-state index contributed by atoms with van der Waals surface area (Å²) in [7, 11) is 1.64. The summed E-state index contributed by atoms with van der Waals surface area (Å²) in [4.78, 5) is 10.9. The molecule has 0 radical (unpaired) electrons. The average molecular weight is 289 g/mol. The van der Waals surface area contributed by atoms with E-state index in [0.717, 1.165) is 16.9 Å². The van der Waals surface area contributed by atoms with Crippen molar-refractivity contribution in [2.75, 3.05) is 7.11 Å². The lowest BCUT2D eigenvalue weighted by atomic mass is 10.1. The highest BCUT2D eigenvalue weighted by molar-refractivity contribution is 5.84. The van der Waals surface area contributed by atoms with Gasteiger partial charge in [-0.05, 0) is 37.6 Å². The van der Waals surface area contributed by atoms with Crippen molar-refractivity contribution in [3.05, 3.63) is 53.0 Å². The summed E-state index contributed by atoms with van der Waals surface area (Å²) in [5.41, 5.74) is 1.99. The van der Waals surface area contributed by atoms with Gasteiger partial charge in [-0.3, -0.25) is 0 Å². The Morgan fingerprint density at radius 3 is 2.57 bits per heavy atom. The van der Waals surface area contributed by atoms with E-state index in [-0.39, 0.29) is 11.8 Å². The fraction of sp³-hybridized carbons (Fsp3) is 0.312. The number of aryl methyl sites for hydroxylation is 1. The van der Waals surface area contributed by atoms with Gasteiger partial charge in [-0.1, -0.05) is 12.1 Å². The molecule has 0 fully saturated rings. The molecule has 0 saturated heterocycles. The molecule has 1 aromatic heterocycles. The van der Waals surface area contributed by atoms with Crippen molar-refractivity contribution in [2.24, 2.45) is 0 Å². The average Bonchev–Trinajstić information content (AvgIpc) is 2.86. The second-order valence-corrected chi connectivity index (χ2v) is 4.87. The Hall–Kier alpha value is -2.27. The smallest absolute Gasteiger partial charge is 0.371 e. The summed E-state index contributed by atoms with van der Waals surface area (Å²) in [6.45, 7) is 4.37. The van der Waals surface area contributed by atoms with Gasteiger partial charge in [-0.25, -0.2) is 4.79 Å². The van der Waals surface area contributed by atoms with Crippen molar-refractivity contribution < 1.29 is 19.1 Å². The molecular weight excluding hydrogens is 270 g/mol. The first-order valence-electron chi connectivity index (χ1n) is 6.71. The number of carbonyl (C=O) groups is 1. The molecule has 0 saturated carbocycles. The zero-order valence-corrected chi connectivity index (χ0v) is 12.3. The largest absolute Gasteiger partial charge is 0.497 e. The lowest BCUT2D eigenvalue weighted by Gasteiger charge is -2.14. The number of nitrogens with one attached hydrogen (secondary N) is 1. The molecule has 0 bridgehead atoms. The molecule has 0 aliphatic carbocycles. The molecule has 0 aliphatic heterocycles. The number of benzene rings is 1. The van der Waals surface area contributed by atoms with E-state index in [2.05, 4.69) is 12.2 Å². The van der Waals surface area contributed by atoms with E-state index < -0.39 is 5.97 Å². The molecule has 0 aliphatic rings. The van der Waals surface area contributed by atoms with E-state index in [0.29, 0.717) is 12.3 Å². The van der Waals surface area contributed by atoms with Crippen molar-refractivity contribution >= 4 is 5.97 Å². The van der Waals surface area contributed by atoms with Crippen LogP contribution >= 0.6 is 0 Å². The van der Waals surface area contributed by atoms with Crippen LogP contribution in [0.25, 0.3) is 0 Å². The normalized spacial score (nSPS) is 12.1. The fourth-order valence-electron chi connectivity index (χ4n) is 2.07. The van der Waals surface area contributed by atoms with Gasteiger partial charge in [-0.2, -0.15) is 0 Å². The zero-order valence-electron chi connectivity index (χ0n) is 12.3. The van der Waals surface area contributed by atoms with Gasteiger partial charge in [-0.15, -0.1) is 0 Å². The molecule has 2 rings (SSSR count).